The quantitative estimate of drug-likeness (QED) is 0.460. The van der Waals surface area contributed by atoms with Crippen molar-refractivity contribution in [2.45, 2.75) is 38.8 Å². The lowest BCUT2D eigenvalue weighted by atomic mass is 9.87. The molecule has 0 aliphatic carbocycles. The van der Waals surface area contributed by atoms with E-state index in [1.807, 2.05) is 38.4 Å². The summed E-state index contributed by atoms with van der Waals surface area (Å²) >= 11 is 6.08. The molecule has 2 fully saturated rings. The number of methoxy groups -OCH3 is 1. The molecule has 4 rings (SSSR count). The molecule has 8 heteroatoms. The Bertz CT molecular complexity index is 1000. The van der Waals surface area contributed by atoms with Gasteiger partial charge in [0.25, 0.3) is 0 Å². The molecular formula is C28H39ClN4O3. The fourth-order valence-electron chi connectivity index (χ4n) is 5.30. The van der Waals surface area contributed by atoms with E-state index in [1.54, 1.807) is 7.11 Å². The molecule has 1 aromatic carbocycles. The van der Waals surface area contributed by atoms with Crippen molar-refractivity contribution in [3.05, 3.63) is 58.5 Å². The highest BCUT2D eigenvalue weighted by atomic mass is 35.5. The second-order valence-corrected chi connectivity index (χ2v) is 10.7. The van der Waals surface area contributed by atoms with Gasteiger partial charge in [-0.2, -0.15) is 0 Å². The van der Waals surface area contributed by atoms with Crippen molar-refractivity contribution in [1.29, 1.82) is 0 Å². The summed E-state index contributed by atoms with van der Waals surface area (Å²) in [4.78, 5) is 24.6. The Morgan fingerprint density at radius 1 is 1.00 bits per heavy atom. The van der Waals surface area contributed by atoms with E-state index in [0.717, 1.165) is 92.8 Å². The Kier molecular flexibility index (Phi) is 9.60. The summed E-state index contributed by atoms with van der Waals surface area (Å²) in [6.07, 6.45) is 3.66. The van der Waals surface area contributed by atoms with Crippen LogP contribution in [0.15, 0.2) is 45.8 Å². The number of halogens is 1. The fourth-order valence-corrected chi connectivity index (χ4v) is 5.43. The standard InChI is InChI=1S/C28H39ClN4O3/c1-31(2)18-25-8-9-26(36-25)19-32-14-10-23(11-15-32)28(34)33-16-12-22(13-17-33)27(30-20-35-3)21-4-6-24(29)7-5-21/h4-9,22-23H,10-20H2,1-3H3/b30-27-. The lowest BCUT2D eigenvalue weighted by Crippen LogP contribution is -2.46. The van der Waals surface area contributed by atoms with Crippen LogP contribution in [0.5, 0.6) is 0 Å². The average molecular weight is 515 g/mol. The van der Waals surface area contributed by atoms with Crippen molar-refractivity contribution in [3.8, 4) is 0 Å². The number of likely N-dealkylation sites (tertiary alicyclic amines) is 2. The summed E-state index contributed by atoms with van der Waals surface area (Å²) in [5.74, 6) is 2.76. The van der Waals surface area contributed by atoms with E-state index >= 15 is 0 Å². The molecular weight excluding hydrogens is 476 g/mol. The summed E-state index contributed by atoms with van der Waals surface area (Å²) in [5.41, 5.74) is 2.14. The second-order valence-electron chi connectivity index (χ2n) is 10.2. The van der Waals surface area contributed by atoms with Crippen LogP contribution in [0.25, 0.3) is 0 Å². The van der Waals surface area contributed by atoms with Gasteiger partial charge in [-0.25, -0.2) is 0 Å². The van der Waals surface area contributed by atoms with Gasteiger partial charge in [0.05, 0.1) is 13.1 Å². The number of aliphatic imine (C=N–C) groups is 1. The second kappa shape index (κ2) is 12.9. The predicted molar refractivity (Wildman–Crippen MR) is 143 cm³/mol. The molecule has 0 unspecified atom stereocenters. The molecule has 0 spiro atoms. The van der Waals surface area contributed by atoms with Crippen LogP contribution in [-0.4, -0.2) is 80.4 Å². The fraction of sp³-hybridized carbons (Fsp3) is 0.571. The number of furan rings is 1. The largest absolute Gasteiger partial charge is 0.463 e. The van der Waals surface area contributed by atoms with Gasteiger partial charge in [0.15, 0.2) is 0 Å². The lowest BCUT2D eigenvalue weighted by molar-refractivity contribution is -0.138. The zero-order valence-corrected chi connectivity index (χ0v) is 22.5. The Labute approximate surface area is 220 Å². The smallest absolute Gasteiger partial charge is 0.225 e. The molecule has 0 radical (unpaired) electrons. The van der Waals surface area contributed by atoms with Crippen molar-refractivity contribution in [1.82, 2.24) is 14.7 Å². The van der Waals surface area contributed by atoms with Gasteiger partial charge in [0, 0.05) is 42.8 Å². The lowest BCUT2D eigenvalue weighted by Gasteiger charge is -2.37. The Morgan fingerprint density at radius 2 is 1.64 bits per heavy atom. The molecule has 196 valence electrons. The van der Waals surface area contributed by atoms with Crippen LogP contribution >= 0.6 is 11.6 Å². The molecule has 0 atom stereocenters. The van der Waals surface area contributed by atoms with Gasteiger partial charge in [-0.05, 0) is 82.7 Å². The van der Waals surface area contributed by atoms with Crippen molar-refractivity contribution in [3.63, 3.8) is 0 Å². The van der Waals surface area contributed by atoms with E-state index in [-0.39, 0.29) is 5.92 Å². The van der Waals surface area contributed by atoms with Crippen LogP contribution in [-0.2, 0) is 22.6 Å². The van der Waals surface area contributed by atoms with E-state index in [4.69, 9.17) is 25.7 Å². The molecule has 1 amide bonds. The van der Waals surface area contributed by atoms with Gasteiger partial charge in [0.2, 0.25) is 5.91 Å². The molecule has 0 bridgehead atoms. The molecule has 2 aliphatic heterocycles. The molecule has 36 heavy (non-hydrogen) atoms. The molecule has 0 N–H and O–H groups in total. The monoisotopic (exact) mass is 514 g/mol. The Morgan fingerprint density at radius 3 is 2.28 bits per heavy atom. The minimum Gasteiger partial charge on any atom is -0.463 e. The van der Waals surface area contributed by atoms with Gasteiger partial charge in [-0.1, -0.05) is 23.7 Å². The van der Waals surface area contributed by atoms with E-state index < -0.39 is 0 Å². The molecule has 2 saturated heterocycles. The summed E-state index contributed by atoms with van der Waals surface area (Å²) < 4.78 is 11.2. The molecule has 2 aromatic rings. The van der Waals surface area contributed by atoms with Crippen LogP contribution in [0, 0.1) is 11.8 Å². The normalized spacial score (nSPS) is 18.8. The summed E-state index contributed by atoms with van der Waals surface area (Å²) in [7, 11) is 5.74. The van der Waals surface area contributed by atoms with Crippen molar-refractivity contribution in [2.75, 3.05) is 54.1 Å². The van der Waals surface area contributed by atoms with E-state index in [0.29, 0.717) is 18.6 Å². The van der Waals surface area contributed by atoms with Crippen LogP contribution in [0.4, 0.5) is 0 Å². The first-order valence-electron chi connectivity index (χ1n) is 13.0. The topological polar surface area (TPSA) is 61.5 Å². The van der Waals surface area contributed by atoms with Crippen molar-refractivity contribution >= 4 is 23.2 Å². The number of rotatable bonds is 9. The third kappa shape index (κ3) is 7.19. The van der Waals surface area contributed by atoms with Crippen LogP contribution in [0.1, 0.15) is 42.8 Å². The maximum absolute atomic E-state index is 13.3. The number of amides is 1. The highest BCUT2D eigenvalue weighted by Crippen LogP contribution is 2.27. The first kappa shape index (κ1) is 26.9. The number of carbonyl (C=O) groups excluding carboxylic acids is 1. The summed E-state index contributed by atoms with van der Waals surface area (Å²) in [6.45, 7) is 5.39. The van der Waals surface area contributed by atoms with Crippen LogP contribution < -0.4 is 0 Å². The summed E-state index contributed by atoms with van der Waals surface area (Å²) in [5, 5.41) is 0.717. The third-order valence-corrected chi connectivity index (χ3v) is 7.45. The van der Waals surface area contributed by atoms with Gasteiger partial charge in [-0.3, -0.25) is 14.7 Å². The maximum Gasteiger partial charge on any atom is 0.225 e. The first-order valence-corrected chi connectivity index (χ1v) is 13.3. The first-order chi connectivity index (χ1) is 17.4. The maximum atomic E-state index is 13.3. The van der Waals surface area contributed by atoms with Crippen LogP contribution in [0.2, 0.25) is 5.02 Å². The van der Waals surface area contributed by atoms with E-state index in [2.05, 4.69) is 26.8 Å². The zero-order valence-electron chi connectivity index (χ0n) is 21.8. The summed E-state index contributed by atoms with van der Waals surface area (Å²) in [6, 6.07) is 12.0. The van der Waals surface area contributed by atoms with E-state index in [1.165, 1.54) is 0 Å². The number of ether oxygens (including phenoxy) is 1. The van der Waals surface area contributed by atoms with Gasteiger partial charge in [0.1, 0.15) is 18.3 Å². The third-order valence-electron chi connectivity index (χ3n) is 7.20. The minimum absolute atomic E-state index is 0.122. The minimum atomic E-state index is 0.122. The highest BCUT2D eigenvalue weighted by Gasteiger charge is 2.32. The SMILES string of the molecule is COC/N=C(/c1ccc(Cl)cc1)C1CCN(C(=O)C2CCN(Cc3ccc(CN(C)C)o3)CC2)CC1. The Hall–Kier alpha value is -2.19. The average Bonchev–Trinajstić information content (AvgIpc) is 3.31. The van der Waals surface area contributed by atoms with Crippen molar-refractivity contribution in [2.24, 2.45) is 16.8 Å². The molecule has 3 heterocycles. The Balaban J connectivity index is 1.26. The predicted octanol–water partition coefficient (Wildman–Crippen LogP) is 4.54. The molecule has 0 saturated carbocycles. The highest BCUT2D eigenvalue weighted by molar-refractivity contribution is 6.30. The molecule has 7 nitrogen and oxygen atoms in total. The number of benzene rings is 1. The number of hydrogen-bond donors (Lipinski definition) is 0. The molecule has 2 aliphatic rings. The van der Waals surface area contributed by atoms with Crippen molar-refractivity contribution < 1.29 is 13.9 Å². The van der Waals surface area contributed by atoms with Gasteiger partial charge >= 0.3 is 0 Å². The van der Waals surface area contributed by atoms with E-state index in [9.17, 15) is 4.79 Å². The number of piperidine rings is 2. The van der Waals surface area contributed by atoms with Crippen LogP contribution in [0.3, 0.4) is 0 Å². The number of nitrogens with zero attached hydrogens (tertiary/aromatic N) is 4. The number of carbonyl (C=O) groups is 1. The molecule has 1 aromatic heterocycles. The number of hydrogen-bond acceptors (Lipinski definition) is 6. The van der Waals surface area contributed by atoms with Gasteiger partial charge in [-0.15, -0.1) is 0 Å². The zero-order chi connectivity index (χ0) is 25.5. The van der Waals surface area contributed by atoms with Gasteiger partial charge < -0.3 is 19.0 Å².